The van der Waals surface area contributed by atoms with Gasteiger partial charge in [0.1, 0.15) is 11.8 Å². The lowest BCUT2D eigenvalue weighted by Gasteiger charge is -2.22. The Morgan fingerprint density at radius 3 is 2.32 bits per heavy atom. The predicted molar refractivity (Wildman–Crippen MR) is 118 cm³/mol. The lowest BCUT2D eigenvalue weighted by Crippen LogP contribution is -2.38. The van der Waals surface area contributed by atoms with Crippen LogP contribution in [-0.2, 0) is 19.1 Å². The fourth-order valence-electron chi connectivity index (χ4n) is 3.36. The molecule has 2 aromatic carbocycles. The molecule has 1 atom stereocenters. The Bertz CT molecular complexity index is 1020. The number of hydrogen-bond donors (Lipinski definition) is 2. The molecule has 8 nitrogen and oxygen atoms in total. The molecule has 0 spiro atoms. The van der Waals surface area contributed by atoms with Crippen molar-refractivity contribution in [3.63, 3.8) is 0 Å². The fourth-order valence-corrected chi connectivity index (χ4v) is 3.36. The number of carbonyl (C=O) groups excluding carboxylic acids is 3. The van der Waals surface area contributed by atoms with Crippen LogP contribution in [0.2, 0.25) is 0 Å². The summed E-state index contributed by atoms with van der Waals surface area (Å²) in [6.07, 6.45) is 1.97. The zero-order valence-corrected chi connectivity index (χ0v) is 17.2. The van der Waals surface area contributed by atoms with Crippen molar-refractivity contribution in [3.05, 3.63) is 54.6 Å². The van der Waals surface area contributed by atoms with Gasteiger partial charge in [-0.3, -0.25) is 14.6 Å². The van der Waals surface area contributed by atoms with Crippen LogP contribution >= 0.6 is 0 Å². The molecule has 160 valence electrons. The maximum Gasteiger partial charge on any atom is 0.354 e. The van der Waals surface area contributed by atoms with E-state index in [9.17, 15) is 14.4 Å². The Morgan fingerprint density at radius 1 is 1.00 bits per heavy atom. The third kappa shape index (κ3) is 4.91. The number of nitrogens with zero attached hydrogens (tertiary/aromatic N) is 2. The Hall–Kier alpha value is -3.68. The van der Waals surface area contributed by atoms with Gasteiger partial charge in [-0.05, 0) is 50.1 Å². The third-order valence-electron chi connectivity index (χ3n) is 5.09. The van der Waals surface area contributed by atoms with E-state index in [2.05, 4.69) is 15.7 Å². The molecular formula is C23H24N4O4. The van der Waals surface area contributed by atoms with Crippen LogP contribution in [0.4, 0.5) is 17.1 Å². The smallest absolute Gasteiger partial charge is 0.354 e. The number of benzene rings is 2. The van der Waals surface area contributed by atoms with Crippen molar-refractivity contribution < 1.29 is 19.1 Å². The van der Waals surface area contributed by atoms with Gasteiger partial charge in [0.2, 0.25) is 11.8 Å². The lowest BCUT2D eigenvalue weighted by atomic mass is 10.1. The summed E-state index contributed by atoms with van der Waals surface area (Å²) in [5, 5.41) is 11.7. The summed E-state index contributed by atoms with van der Waals surface area (Å²) in [5.41, 5.74) is 2.09. The van der Waals surface area contributed by atoms with Gasteiger partial charge < -0.3 is 15.4 Å². The van der Waals surface area contributed by atoms with Crippen LogP contribution in [0.5, 0.6) is 0 Å². The number of hydrazone groups is 1. The van der Waals surface area contributed by atoms with Gasteiger partial charge in [-0.15, -0.1) is 0 Å². The molecule has 31 heavy (non-hydrogen) atoms. The molecule has 0 radical (unpaired) electrons. The molecule has 2 N–H and O–H groups in total. The first kappa shape index (κ1) is 20.6. The van der Waals surface area contributed by atoms with E-state index in [-0.39, 0.29) is 36.5 Å². The van der Waals surface area contributed by atoms with E-state index in [1.807, 2.05) is 30.3 Å². The standard InChI is InChI=1S/C23H24N4O4/c1-2-31-23(30)19-14-20(27(26-19)18-9-4-3-5-10-18)22(29)25-17-8-6-7-16(13-17)24-21(28)15-11-12-15/h3-10,13,15,20H,2,11-12,14H2,1H3,(H,24,28)(H,25,29). The molecule has 4 rings (SSSR count). The van der Waals surface area contributed by atoms with Gasteiger partial charge in [0.15, 0.2) is 0 Å². The number of nitrogens with one attached hydrogen (secondary N) is 2. The molecule has 8 heteroatoms. The van der Waals surface area contributed by atoms with Crippen molar-refractivity contribution in [1.29, 1.82) is 0 Å². The molecule has 1 heterocycles. The molecule has 1 aliphatic carbocycles. The molecule has 1 unspecified atom stereocenters. The number of anilines is 3. The first-order valence-corrected chi connectivity index (χ1v) is 10.4. The van der Waals surface area contributed by atoms with Crippen LogP contribution in [0.1, 0.15) is 26.2 Å². The normalized spacial score (nSPS) is 17.6. The monoisotopic (exact) mass is 420 g/mol. The molecule has 1 saturated carbocycles. The Kier molecular flexibility index (Phi) is 5.97. The number of ether oxygens (including phenoxy) is 1. The second-order valence-electron chi connectivity index (χ2n) is 7.50. The summed E-state index contributed by atoms with van der Waals surface area (Å²) in [6, 6.07) is 15.5. The van der Waals surface area contributed by atoms with E-state index in [4.69, 9.17) is 4.74 Å². The molecule has 2 aromatic rings. The van der Waals surface area contributed by atoms with E-state index in [1.165, 1.54) is 0 Å². The Balaban J connectivity index is 1.50. The number of carbonyl (C=O) groups is 3. The van der Waals surface area contributed by atoms with Crippen LogP contribution in [0.3, 0.4) is 0 Å². The molecule has 1 fully saturated rings. The first-order chi connectivity index (χ1) is 15.0. The van der Waals surface area contributed by atoms with Crippen LogP contribution < -0.4 is 15.6 Å². The molecule has 0 aromatic heterocycles. The van der Waals surface area contributed by atoms with Gasteiger partial charge in [-0.25, -0.2) is 4.79 Å². The number of amides is 2. The van der Waals surface area contributed by atoms with Crippen molar-refractivity contribution in [1.82, 2.24) is 0 Å². The third-order valence-corrected chi connectivity index (χ3v) is 5.09. The van der Waals surface area contributed by atoms with Crippen LogP contribution in [0.15, 0.2) is 59.7 Å². The maximum absolute atomic E-state index is 13.1. The quantitative estimate of drug-likeness (QED) is 0.670. The highest BCUT2D eigenvalue weighted by atomic mass is 16.5. The average molecular weight is 420 g/mol. The lowest BCUT2D eigenvalue weighted by molar-refractivity contribution is -0.135. The zero-order valence-electron chi connectivity index (χ0n) is 17.2. The van der Waals surface area contributed by atoms with E-state index in [0.717, 1.165) is 12.8 Å². The Labute approximate surface area is 180 Å². The summed E-state index contributed by atoms with van der Waals surface area (Å²) in [6.45, 7) is 1.96. The second-order valence-corrected chi connectivity index (χ2v) is 7.50. The van der Waals surface area contributed by atoms with Crippen LogP contribution in [0, 0.1) is 5.92 Å². The summed E-state index contributed by atoms with van der Waals surface area (Å²) in [7, 11) is 0. The molecule has 2 amide bonds. The second kappa shape index (κ2) is 8.99. The van der Waals surface area contributed by atoms with Gasteiger partial charge in [0, 0.05) is 23.7 Å². The van der Waals surface area contributed by atoms with E-state index in [1.54, 1.807) is 36.2 Å². The first-order valence-electron chi connectivity index (χ1n) is 10.4. The van der Waals surface area contributed by atoms with E-state index in [0.29, 0.717) is 17.1 Å². The van der Waals surface area contributed by atoms with Crippen molar-refractivity contribution in [2.75, 3.05) is 22.2 Å². The minimum atomic E-state index is -0.702. The van der Waals surface area contributed by atoms with E-state index < -0.39 is 12.0 Å². The summed E-state index contributed by atoms with van der Waals surface area (Å²) in [4.78, 5) is 37.3. The molecule has 0 bridgehead atoms. The van der Waals surface area contributed by atoms with Gasteiger partial charge >= 0.3 is 5.97 Å². The highest BCUT2D eigenvalue weighted by Crippen LogP contribution is 2.31. The van der Waals surface area contributed by atoms with Gasteiger partial charge in [0.25, 0.3) is 0 Å². The van der Waals surface area contributed by atoms with E-state index >= 15 is 0 Å². The van der Waals surface area contributed by atoms with Gasteiger partial charge in [-0.1, -0.05) is 24.3 Å². The van der Waals surface area contributed by atoms with Crippen LogP contribution in [0.25, 0.3) is 0 Å². The minimum absolute atomic E-state index is 0.00185. The highest BCUT2D eigenvalue weighted by molar-refractivity contribution is 6.38. The fraction of sp³-hybridized carbons (Fsp3) is 0.304. The molecule has 2 aliphatic rings. The summed E-state index contributed by atoms with van der Waals surface area (Å²) in [5.74, 6) is -0.738. The molecule has 1 aliphatic heterocycles. The predicted octanol–water partition coefficient (Wildman–Crippen LogP) is 3.17. The molecule has 0 saturated heterocycles. The number of hydrogen-bond acceptors (Lipinski definition) is 6. The van der Waals surface area contributed by atoms with Gasteiger partial charge in [-0.2, -0.15) is 5.10 Å². The van der Waals surface area contributed by atoms with Crippen molar-refractivity contribution in [3.8, 4) is 0 Å². The van der Waals surface area contributed by atoms with Crippen molar-refractivity contribution >= 4 is 40.6 Å². The molecular weight excluding hydrogens is 396 g/mol. The number of rotatable bonds is 7. The van der Waals surface area contributed by atoms with Crippen LogP contribution in [-0.4, -0.2) is 36.1 Å². The highest BCUT2D eigenvalue weighted by Gasteiger charge is 2.37. The zero-order chi connectivity index (χ0) is 21.8. The van der Waals surface area contributed by atoms with Crippen molar-refractivity contribution in [2.24, 2.45) is 11.0 Å². The number of esters is 1. The maximum atomic E-state index is 13.1. The summed E-state index contributed by atoms with van der Waals surface area (Å²) >= 11 is 0. The number of para-hydroxylation sites is 1. The summed E-state index contributed by atoms with van der Waals surface area (Å²) < 4.78 is 5.07. The average Bonchev–Trinajstić information content (AvgIpc) is 3.53. The minimum Gasteiger partial charge on any atom is -0.461 e. The largest absolute Gasteiger partial charge is 0.461 e. The topological polar surface area (TPSA) is 100 Å². The van der Waals surface area contributed by atoms with Crippen molar-refractivity contribution in [2.45, 2.75) is 32.2 Å². The Morgan fingerprint density at radius 2 is 1.68 bits per heavy atom. The SMILES string of the molecule is CCOC(=O)C1=NN(c2ccccc2)C(C(=O)Nc2cccc(NC(=O)C3CC3)c2)C1. The van der Waals surface area contributed by atoms with Gasteiger partial charge in [0.05, 0.1) is 12.3 Å².